The second-order valence-corrected chi connectivity index (χ2v) is 8.64. The number of anilines is 2. The van der Waals surface area contributed by atoms with Crippen LogP contribution in [0.2, 0.25) is 0 Å². The van der Waals surface area contributed by atoms with Crippen LogP contribution in [0.4, 0.5) is 15.8 Å². The van der Waals surface area contributed by atoms with Crippen molar-refractivity contribution < 1.29 is 24.2 Å². The molecule has 1 aliphatic heterocycles. The van der Waals surface area contributed by atoms with Crippen molar-refractivity contribution in [2.75, 3.05) is 10.4 Å². The van der Waals surface area contributed by atoms with Gasteiger partial charge in [0.2, 0.25) is 0 Å². The highest BCUT2D eigenvalue weighted by Gasteiger charge is 2.31. The van der Waals surface area contributed by atoms with Crippen LogP contribution in [-0.2, 0) is 9.59 Å². The zero-order valence-corrected chi connectivity index (χ0v) is 20.2. The van der Waals surface area contributed by atoms with Gasteiger partial charge in [-0.3, -0.25) is 15.0 Å². The minimum atomic E-state index is -1.13. The predicted molar refractivity (Wildman–Crippen MR) is 137 cm³/mol. The molecule has 0 aromatic heterocycles. The van der Waals surface area contributed by atoms with Gasteiger partial charge in [-0.15, -0.1) is 0 Å². The number of carboxylic acids is 1. The fraction of sp³-hybridized carbons (Fsp3) is 0.185. The summed E-state index contributed by atoms with van der Waals surface area (Å²) in [5, 5.41) is 29.8. The molecule has 36 heavy (non-hydrogen) atoms. The van der Waals surface area contributed by atoms with Crippen molar-refractivity contribution in [2.24, 2.45) is 10.2 Å². The number of carbonyl (C=O) groups is 2. The summed E-state index contributed by atoms with van der Waals surface area (Å²) in [7, 11) is 0. The molecule has 3 aromatic rings. The maximum Gasteiger partial charge on any atom is 0.310 e. The van der Waals surface area contributed by atoms with Gasteiger partial charge in [-0.1, -0.05) is 30.3 Å². The van der Waals surface area contributed by atoms with Crippen molar-refractivity contribution in [3.05, 3.63) is 77.1 Å². The summed E-state index contributed by atoms with van der Waals surface area (Å²) in [4.78, 5) is 24.2. The standard InChI is InChI=1S/C27H25FN4O4/c1-14-8-10-19(12-15(14)2)32-26(34)24(17(4)31-32)30-29-23-7-5-6-21(25(23)33)18-9-11-20(22(28)13-18)16(3)27(35)36/h5-13,16,29,33H,1-4H3,(H,35,36). The van der Waals surface area contributed by atoms with Crippen LogP contribution in [0.1, 0.15) is 36.5 Å². The van der Waals surface area contributed by atoms with E-state index in [-0.39, 0.29) is 22.7 Å². The predicted octanol–water partition coefficient (Wildman–Crippen LogP) is 5.19. The minimum Gasteiger partial charge on any atom is -0.505 e. The lowest BCUT2D eigenvalue weighted by molar-refractivity contribution is -0.138. The number of hydrogen-bond acceptors (Lipinski definition) is 6. The molecule has 184 valence electrons. The Balaban J connectivity index is 1.59. The zero-order chi connectivity index (χ0) is 26.1. The van der Waals surface area contributed by atoms with Gasteiger partial charge in [0, 0.05) is 11.1 Å². The first-order chi connectivity index (χ1) is 17.1. The van der Waals surface area contributed by atoms with Crippen LogP contribution < -0.4 is 10.4 Å². The summed E-state index contributed by atoms with van der Waals surface area (Å²) in [5.74, 6) is -3.44. The summed E-state index contributed by atoms with van der Waals surface area (Å²) >= 11 is 0. The normalized spacial score (nSPS) is 15.2. The van der Waals surface area contributed by atoms with Crippen molar-refractivity contribution in [2.45, 2.75) is 33.6 Å². The Morgan fingerprint density at radius 3 is 2.50 bits per heavy atom. The molecular weight excluding hydrogens is 463 g/mol. The highest BCUT2D eigenvalue weighted by molar-refractivity contribution is 6.71. The molecule has 9 heteroatoms. The highest BCUT2D eigenvalue weighted by Crippen LogP contribution is 2.37. The molecule has 1 unspecified atom stereocenters. The van der Waals surface area contributed by atoms with E-state index in [1.54, 1.807) is 31.2 Å². The van der Waals surface area contributed by atoms with Crippen LogP contribution >= 0.6 is 0 Å². The van der Waals surface area contributed by atoms with Crippen molar-refractivity contribution in [3.8, 4) is 16.9 Å². The third-order valence-corrected chi connectivity index (χ3v) is 6.20. The number of phenols is 1. The second-order valence-electron chi connectivity index (χ2n) is 8.64. The fourth-order valence-electron chi connectivity index (χ4n) is 3.82. The number of halogens is 1. The molecule has 8 nitrogen and oxygen atoms in total. The van der Waals surface area contributed by atoms with Gasteiger partial charge >= 0.3 is 11.9 Å². The number of amides is 1. The van der Waals surface area contributed by atoms with Crippen LogP contribution in [0.3, 0.4) is 0 Å². The number of hydrogen-bond donors (Lipinski definition) is 3. The van der Waals surface area contributed by atoms with E-state index in [0.29, 0.717) is 22.5 Å². The summed E-state index contributed by atoms with van der Waals surface area (Å²) in [6, 6.07) is 14.5. The molecule has 0 fully saturated rings. The number of aryl methyl sites for hydroxylation is 2. The largest absolute Gasteiger partial charge is 0.505 e. The first kappa shape index (κ1) is 24.6. The topological polar surface area (TPSA) is 115 Å². The summed E-state index contributed by atoms with van der Waals surface area (Å²) < 4.78 is 14.6. The maximum atomic E-state index is 14.6. The monoisotopic (exact) mass is 488 g/mol. The number of carboxylic acid groups (broad SMARTS) is 1. The van der Waals surface area contributed by atoms with Crippen LogP contribution in [0.5, 0.6) is 5.75 Å². The van der Waals surface area contributed by atoms with Gasteiger partial charge < -0.3 is 10.2 Å². The average Bonchev–Trinajstić information content (AvgIpc) is 3.12. The van der Waals surface area contributed by atoms with Crippen LogP contribution in [0.15, 0.2) is 64.8 Å². The Hall–Kier alpha value is -4.53. The van der Waals surface area contributed by atoms with E-state index in [2.05, 4.69) is 15.6 Å². The minimum absolute atomic E-state index is 0.0502. The van der Waals surface area contributed by atoms with Gasteiger partial charge in [0.05, 0.1) is 23.0 Å². The number of nitrogens with one attached hydrogen (secondary N) is 1. The molecule has 4 rings (SSSR count). The van der Waals surface area contributed by atoms with Gasteiger partial charge in [0.25, 0.3) is 0 Å². The third kappa shape index (κ3) is 4.55. The molecule has 1 aliphatic rings. The Morgan fingerprint density at radius 2 is 1.83 bits per heavy atom. The lowest BCUT2D eigenvalue weighted by Crippen LogP contribution is -2.28. The quantitative estimate of drug-likeness (QED) is 0.326. The van der Waals surface area contributed by atoms with Gasteiger partial charge in [0.1, 0.15) is 11.6 Å². The number of nitrogens with zero attached hydrogens (tertiary/aromatic N) is 3. The van der Waals surface area contributed by atoms with E-state index < -0.39 is 23.6 Å². The Labute approximate surface area is 207 Å². The van der Waals surface area contributed by atoms with Crippen molar-refractivity contribution in [3.63, 3.8) is 0 Å². The number of carbonyl (C=O) groups excluding carboxylic acids is 1. The van der Waals surface area contributed by atoms with Crippen molar-refractivity contribution in [1.29, 1.82) is 0 Å². The van der Waals surface area contributed by atoms with Crippen LogP contribution in [-0.4, -0.2) is 33.5 Å². The summed E-state index contributed by atoms with van der Waals surface area (Å²) in [5.41, 5.74) is 6.90. The Bertz CT molecular complexity index is 1450. The number of para-hydroxylation sites is 1. The molecule has 0 radical (unpaired) electrons. The third-order valence-electron chi connectivity index (χ3n) is 6.20. The van der Waals surface area contributed by atoms with E-state index >= 15 is 0 Å². The number of phenolic OH excluding ortho intramolecular Hbond substituents is 1. The molecule has 0 aliphatic carbocycles. The molecule has 0 saturated carbocycles. The molecule has 3 N–H and O–H groups in total. The Kier molecular flexibility index (Phi) is 6.57. The highest BCUT2D eigenvalue weighted by atomic mass is 19.1. The molecular formula is C27H25FN4O4. The molecule has 1 heterocycles. The SMILES string of the molecule is CC1=NN(c2ccc(C)c(C)c2)C(=O)C1=NNc1cccc(-c2ccc(C(C)C(=O)O)c(F)c2)c1O. The molecule has 0 saturated heterocycles. The average molecular weight is 489 g/mol. The first-order valence-corrected chi connectivity index (χ1v) is 11.2. The summed E-state index contributed by atoms with van der Waals surface area (Å²) in [6.45, 7) is 7.00. The number of rotatable bonds is 6. The maximum absolute atomic E-state index is 14.6. The van der Waals surface area contributed by atoms with Crippen LogP contribution in [0, 0.1) is 19.7 Å². The van der Waals surface area contributed by atoms with E-state index in [4.69, 9.17) is 5.11 Å². The number of benzene rings is 3. The molecule has 0 bridgehead atoms. The lowest BCUT2D eigenvalue weighted by atomic mass is 9.96. The molecule has 3 aromatic carbocycles. The number of hydrazone groups is 2. The van der Waals surface area contributed by atoms with E-state index in [1.807, 2.05) is 32.0 Å². The van der Waals surface area contributed by atoms with Crippen molar-refractivity contribution >= 4 is 34.7 Å². The zero-order valence-electron chi connectivity index (χ0n) is 20.2. The van der Waals surface area contributed by atoms with E-state index in [9.17, 15) is 19.1 Å². The molecule has 1 atom stereocenters. The smallest absolute Gasteiger partial charge is 0.310 e. The molecule has 0 spiro atoms. The first-order valence-electron chi connectivity index (χ1n) is 11.2. The number of aromatic hydroxyl groups is 1. The lowest BCUT2D eigenvalue weighted by Gasteiger charge is -2.13. The van der Waals surface area contributed by atoms with Gasteiger partial charge in [-0.25, -0.2) is 4.39 Å². The second kappa shape index (κ2) is 9.61. The Morgan fingerprint density at radius 1 is 1.08 bits per heavy atom. The van der Waals surface area contributed by atoms with Gasteiger partial charge in [0.15, 0.2) is 5.71 Å². The fourth-order valence-corrected chi connectivity index (χ4v) is 3.82. The number of aliphatic carboxylic acids is 1. The molecule has 1 amide bonds. The van der Waals surface area contributed by atoms with E-state index in [0.717, 1.165) is 11.1 Å². The van der Waals surface area contributed by atoms with Crippen molar-refractivity contribution in [1.82, 2.24) is 0 Å². The summed E-state index contributed by atoms with van der Waals surface area (Å²) in [6.07, 6.45) is 0. The van der Waals surface area contributed by atoms with Gasteiger partial charge in [-0.2, -0.15) is 15.2 Å². The van der Waals surface area contributed by atoms with E-state index in [1.165, 1.54) is 24.1 Å². The van der Waals surface area contributed by atoms with Crippen LogP contribution in [0.25, 0.3) is 11.1 Å². The van der Waals surface area contributed by atoms with Gasteiger partial charge in [-0.05, 0) is 68.7 Å².